The van der Waals surface area contributed by atoms with Crippen LogP contribution in [0.2, 0.25) is 0 Å². The van der Waals surface area contributed by atoms with Crippen molar-refractivity contribution in [3.63, 3.8) is 0 Å². The van der Waals surface area contributed by atoms with Crippen molar-refractivity contribution in [3.8, 4) is 0 Å². The average Bonchev–Trinajstić information content (AvgIpc) is 2.81. The SMILES string of the molecule is Cc1ccc2c(c1)C(N1CCN(C(C)C)CC1)CC2. The van der Waals surface area contributed by atoms with Gasteiger partial charge >= 0.3 is 0 Å². The van der Waals surface area contributed by atoms with Crippen LogP contribution in [0.3, 0.4) is 0 Å². The van der Waals surface area contributed by atoms with Crippen LogP contribution in [0.25, 0.3) is 0 Å². The zero-order chi connectivity index (χ0) is 13.4. The van der Waals surface area contributed by atoms with Crippen molar-refractivity contribution in [1.82, 2.24) is 9.80 Å². The molecule has 3 rings (SSSR count). The Morgan fingerprint density at radius 1 is 1.11 bits per heavy atom. The van der Waals surface area contributed by atoms with Gasteiger partial charge in [-0.2, -0.15) is 0 Å². The van der Waals surface area contributed by atoms with Gasteiger partial charge in [0.25, 0.3) is 0 Å². The summed E-state index contributed by atoms with van der Waals surface area (Å²) in [6.07, 6.45) is 2.59. The van der Waals surface area contributed by atoms with Crippen LogP contribution in [0.1, 0.15) is 43.0 Å². The Morgan fingerprint density at radius 2 is 1.84 bits per heavy atom. The molecule has 1 aliphatic carbocycles. The summed E-state index contributed by atoms with van der Waals surface area (Å²) in [7, 11) is 0. The Bertz CT molecular complexity index is 445. The molecule has 19 heavy (non-hydrogen) atoms. The first-order chi connectivity index (χ1) is 9.15. The van der Waals surface area contributed by atoms with Gasteiger partial charge in [0.15, 0.2) is 0 Å². The Labute approximate surface area is 117 Å². The van der Waals surface area contributed by atoms with Gasteiger partial charge in [-0.1, -0.05) is 23.8 Å². The number of hydrogen-bond donors (Lipinski definition) is 0. The number of piperazine rings is 1. The third-order valence-corrected chi connectivity index (χ3v) is 4.87. The number of aryl methyl sites for hydroxylation is 2. The number of benzene rings is 1. The van der Waals surface area contributed by atoms with Gasteiger partial charge in [-0.05, 0) is 44.7 Å². The van der Waals surface area contributed by atoms with E-state index in [2.05, 4.69) is 48.8 Å². The summed E-state index contributed by atoms with van der Waals surface area (Å²) in [5, 5.41) is 0. The normalized spacial score (nSPS) is 24.9. The lowest BCUT2D eigenvalue weighted by Gasteiger charge is -2.40. The van der Waals surface area contributed by atoms with Gasteiger partial charge in [-0.3, -0.25) is 9.80 Å². The molecule has 2 nitrogen and oxygen atoms in total. The molecule has 1 fully saturated rings. The predicted octanol–water partition coefficient (Wildman–Crippen LogP) is 3.01. The maximum Gasteiger partial charge on any atom is 0.0355 e. The van der Waals surface area contributed by atoms with E-state index in [1.165, 1.54) is 44.6 Å². The zero-order valence-corrected chi connectivity index (χ0v) is 12.5. The van der Waals surface area contributed by atoms with Crippen molar-refractivity contribution < 1.29 is 0 Å². The molecule has 1 aromatic carbocycles. The third kappa shape index (κ3) is 2.56. The number of hydrogen-bond acceptors (Lipinski definition) is 2. The molecule has 2 aliphatic rings. The molecule has 0 N–H and O–H groups in total. The Balaban J connectivity index is 1.71. The smallest absolute Gasteiger partial charge is 0.0355 e. The van der Waals surface area contributed by atoms with E-state index in [1.54, 1.807) is 11.1 Å². The lowest BCUT2D eigenvalue weighted by molar-refractivity contribution is 0.0781. The second kappa shape index (κ2) is 5.26. The van der Waals surface area contributed by atoms with E-state index in [-0.39, 0.29) is 0 Å². The highest BCUT2D eigenvalue weighted by molar-refractivity contribution is 5.37. The van der Waals surface area contributed by atoms with Crippen molar-refractivity contribution in [3.05, 3.63) is 34.9 Å². The standard InChI is InChI=1S/C17H26N2/c1-13(2)18-8-10-19(11-9-18)17-7-6-15-5-4-14(3)12-16(15)17/h4-5,12-13,17H,6-11H2,1-3H3. The third-order valence-electron chi connectivity index (χ3n) is 4.87. The summed E-state index contributed by atoms with van der Waals surface area (Å²) >= 11 is 0. The van der Waals surface area contributed by atoms with Gasteiger partial charge in [0.05, 0.1) is 0 Å². The molecule has 2 heteroatoms. The van der Waals surface area contributed by atoms with Gasteiger partial charge in [0.2, 0.25) is 0 Å². The highest BCUT2D eigenvalue weighted by Gasteiger charge is 2.30. The van der Waals surface area contributed by atoms with E-state index in [9.17, 15) is 0 Å². The van der Waals surface area contributed by atoms with E-state index >= 15 is 0 Å². The summed E-state index contributed by atoms with van der Waals surface area (Å²) in [6.45, 7) is 11.8. The van der Waals surface area contributed by atoms with Crippen LogP contribution >= 0.6 is 0 Å². The first kappa shape index (κ1) is 13.1. The van der Waals surface area contributed by atoms with Crippen LogP contribution < -0.4 is 0 Å². The highest BCUT2D eigenvalue weighted by Crippen LogP contribution is 2.36. The monoisotopic (exact) mass is 258 g/mol. The fourth-order valence-corrected chi connectivity index (χ4v) is 3.64. The first-order valence-electron chi connectivity index (χ1n) is 7.72. The van der Waals surface area contributed by atoms with Gasteiger partial charge < -0.3 is 0 Å². The Hall–Kier alpha value is -0.860. The van der Waals surface area contributed by atoms with Crippen molar-refractivity contribution >= 4 is 0 Å². The predicted molar refractivity (Wildman–Crippen MR) is 80.5 cm³/mol. The number of nitrogens with zero attached hydrogens (tertiary/aromatic N) is 2. The fourth-order valence-electron chi connectivity index (χ4n) is 3.64. The van der Waals surface area contributed by atoms with E-state index < -0.39 is 0 Å². The van der Waals surface area contributed by atoms with Crippen molar-refractivity contribution in [2.45, 2.75) is 45.7 Å². The summed E-state index contributed by atoms with van der Waals surface area (Å²) in [5.41, 5.74) is 4.60. The summed E-state index contributed by atoms with van der Waals surface area (Å²) in [4.78, 5) is 5.31. The minimum Gasteiger partial charge on any atom is -0.298 e. The molecule has 104 valence electrons. The molecule has 1 heterocycles. The van der Waals surface area contributed by atoms with Crippen LogP contribution in [-0.4, -0.2) is 42.0 Å². The summed E-state index contributed by atoms with van der Waals surface area (Å²) < 4.78 is 0. The molecule has 0 bridgehead atoms. The second-order valence-corrected chi connectivity index (χ2v) is 6.42. The van der Waals surface area contributed by atoms with E-state index in [4.69, 9.17) is 0 Å². The average molecular weight is 258 g/mol. The van der Waals surface area contributed by atoms with Crippen LogP contribution in [0, 0.1) is 6.92 Å². The molecule has 1 unspecified atom stereocenters. The van der Waals surface area contributed by atoms with Crippen molar-refractivity contribution in [2.24, 2.45) is 0 Å². The molecule has 1 aliphatic heterocycles. The van der Waals surface area contributed by atoms with Gasteiger partial charge in [0, 0.05) is 38.3 Å². The quantitative estimate of drug-likeness (QED) is 0.804. The lowest BCUT2D eigenvalue weighted by atomic mass is 10.0. The van der Waals surface area contributed by atoms with Crippen LogP contribution in [0.15, 0.2) is 18.2 Å². The zero-order valence-electron chi connectivity index (χ0n) is 12.5. The number of rotatable bonds is 2. The molecule has 0 radical (unpaired) electrons. The fraction of sp³-hybridized carbons (Fsp3) is 0.647. The van der Waals surface area contributed by atoms with Crippen LogP contribution in [0.5, 0.6) is 0 Å². The summed E-state index contributed by atoms with van der Waals surface area (Å²) in [6, 6.07) is 8.40. The van der Waals surface area contributed by atoms with Gasteiger partial charge in [-0.25, -0.2) is 0 Å². The lowest BCUT2D eigenvalue weighted by Crippen LogP contribution is -2.49. The Kier molecular flexibility index (Phi) is 3.64. The number of fused-ring (bicyclic) bond motifs is 1. The first-order valence-corrected chi connectivity index (χ1v) is 7.72. The molecule has 1 saturated heterocycles. The molecular formula is C17H26N2. The molecule has 0 amide bonds. The molecule has 1 atom stereocenters. The molecule has 0 saturated carbocycles. The Morgan fingerprint density at radius 3 is 2.53 bits per heavy atom. The van der Waals surface area contributed by atoms with E-state index in [0.29, 0.717) is 12.1 Å². The van der Waals surface area contributed by atoms with Gasteiger partial charge in [-0.15, -0.1) is 0 Å². The largest absolute Gasteiger partial charge is 0.298 e. The van der Waals surface area contributed by atoms with Gasteiger partial charge in [0.1, 0.15) is 0 Å². The molecule has 0 spiro atoms. The topological polar surface area (TPSA) is 6.48 Å². The highest BCUT2D eigenvalue weighted by atomic mass is 15.3. The molecule has 1 aromatic rings. The molecular weight excluding hydrogens is 232 g/mol. The minimum absolute atomic E-state index is 0.684. The van der Waals surface area contributed by atoms with Crippen molar-refractivity contribution in [2.75, 3.05) is 26.2 Å². The molecule has 0 aromatic heterocycles. The van der Waals surface area contributed by atoms with E-state index in [1.807, 2.05) is 0 Å². The summed E-state index contributed by atoms with van der Waals surface area (Å²) in [5.74, 6) is 0. The van der Waals surface area contributed by atoms with Crippen molar-refractivity contribution in [1.29, 1.82) is 0 Å². The maximum atomic E-state index is 2.71. The second-order valence-electron chi connectivity index (χ2n) is 6.42. The van der Waals surface area contributed by atoms with Crippen LogP contribution in [0.4, 0.5) is 0 Å². The van der Waals surface area contributed by atoms with Crippen LogP contribution in [-0.2, 0) is 6.42 Å². The van der Waals surface area contributed by atoms with E-state index in [0.717, 1.165) is 0 Å². The maximum absolute atomic E-state index is 2.71. The minimum atomic E-state index is 0.684.